The van der Waals surface area contributed by atoms with Gasteiger partial charge in [-0.05, 0) is 17.7 Å². The lowest BCUT2D eigenvalue weighted by Crippen LogP contribution is -2.31. The Morgan fingerprint density at radius 1 is 1.25 bits per heavy atom. The van der Waals surface area contributed by atoms with E-state index in [1.165, 1.54) is 9.80 Å². The summed E-state index contributed by atoms with van der Waals surface area (Å²) >= 11 is 0. The van der Waals surface area contributed by atoms with Crippen LogP contribution in [0.4, 0.5) is 10.5 Å². The molecule has 0 spiro atoms. The van der Waals surface area contributed by atoms with Crippen LogP contribution in [0.5, 0.6) is 0 Å². The summed E-state index contributed by atoms with van der Waals surface area (Å²) in [6, 6.07) is 6.81. The molecule has 0 unspecified atom stereocenters. The van der Waals surface area contributed by atoms with Gasteiger partial charge in [-0.1, -0.05) is 12.1 Å². The van der Waals surface area contributed by atoms with Gasteiger partial charge in [-0.25, -0.2) is 9.69 Å². The Labute approximate surface area is 93.4 Å². The van der Waals surface area contributed by atoms with Crippen LogP contribution in [0.15, 0.2) is 24.3 Å². The minimum atomic E-state index is -0.287. The monoisotopic (exact) mass is 219 g/mol. The standard InChI is InChI=1S/C11H13N3O2/c1-13-7-10(15)14(11(13)16)9-4-2-8(6-12)3-5-9/h2-5H,6-7,12H2,1H3. The third-order valence-electron chi connectivity index (χ3n) is 2.57. The van der Waals surface area contributed by atoms with Crippen LogP contribution in [0.3, 0.4) is 0 Å². The van der Waals surface area contributed by atoms with Crippen LogP contribution >= 0.6 is 0 Å². The maximum atomic E-state index is 11.7. The number of nitrogens with zero attached hydrogens (tertiary/aromatic N) is 2. The van der Waals surface area contributed by atoms with E-state index in [-0.39, 0.29) is 18.5 Å². The number of nitrogens with two attached hydrogens (primary N) is 1. The number of hydrogen-bond acceptors (Lipinski definition) is 3. The molecule has 5 nitrogen and oxygen atoms in total. The highest BCUT2D eigenvalue weighted by Crippen LogP contribution is 2.20. The fourth-order valence-electron chi connectivity index (χ4n) is 1.65. The van der Waals surface area contributed by atoms with E-state index in [1.54, 1.807) is 19.2 Å². The zero-order chi connectivity index (χ0) is 11.7. The second kappa shape index (κ2) is 3.94. The van der Waals surface area contributed by atoms with Gasteiger partial charge >= 0.3 is 6.03 Å². The molecule has 5 heteroatoms. The number of carbonyl (C=O) groups is 2. The van der Waals surface area contributed by atoms with Crippen molar-refractivity contribution in [1.82, 2.24) is 4.90 Å². The van der Waals surface area contributed by atoms with Crippen molar-refractivity contribution in [2.45, 2.75) is 6.54 Å². The van der Waals surface area contributed by atoms with Crippen molar-refractivity contribution in [2.24, 2.45) is 5.73 Å². The van der Waals surface area contributed by atoms with Crippen molar-refractivity contribution in [2.75, 3.05) is 18.5 Å². The van der Waals surface area contributed by atoms with Crippen LogP contribution in [-0.2, 0) is 11.3 Å². The first-order valence-electron chi connectivity index (χ1n) is 5.00. The van der Waals surface area contributed by atoms with Gasteiger partial charge in [0.25, 0.3) is 5.91 Å². The number of benzene rings is 1. The van der Waals surface area contributed by atoms with E-state index in [4.69, 9.17) is 5.73 Å². The number of amides is 3. The molecular formula is C11H13N3O2. The summed E-state index contributed by atoms with van der Waals surface area (Å²) in [5.41, 5.74) is 7.04. The zero-order valence-electron chi connectivity index (χ0n) is 9.01. The molecule has 1 fully saturated rings. The van der Waals surface area contributed by atoms with Gasteiger partial charge in [0.05, 0.1) is 5.69 Å². The first-order chi connectivity index (χ1) is 7.63. The van der Waals surface area contributed by atoms with E-state index in [1.807, 2.05) is 12.1 Å². The Kier molecular flexibility index (Phi) is 2.62. The highest BCUT2D eigenvalue weighted by atomic mass is 16.2. The number of imide groups is 1. The first-order valence-corrected chi connectivity index (χ1v) is 5.00. The smallest absolute Gasteiger partial charge is 0.326 e. The average molecular weight is 219 g/mol. The third kappa shape index (κ3) is 1.65. The van der Waals surface area contributed by atoms with Crippen molar-refractivity contribution in [3.05, 3.63) is 29.8 Å². The second-order valence-corrected chi connectivity index (χ2v) is 3.74. The van der Waals surface area contributed by atoms with Crippen LogP contribution in [-0.4, -0.2) is 30.4 Å². The molecule has 2 N–H and O–H groups in total. The summed E-state index contributed by atoms with van der Waals surface area (Å²) in [7, 11) is 1.61. The highest BCUT2D eigenvalue weighted by Gasteiger charge is 2.34. The first kappa shape index (κ1) is 10.6. The van der Waals surface area contributed by atoms with E-state index in [9.17, 15) is 9.59 Å². The van der Waals surface area contributed by atoms with Gasteiger partial charge in [0.15, 0.2) is 0 Å². The summed E-state index contributed by atoms with van der Waals surface area (Å²) in [6.45, 7) is 0.583. The number of rotatable bonds is 2. The minimum absolute atomic E-state index is 0.136. The van der Waals surface area contributed by atoms with Crippen molar-refractivity contribution in [1.29, 1.82) is 0 Å². The molecule has 1 aliphatic heterocycles. The molecule has 0 aliphatic carbocycles. The third-order valence-corrected chi connectivity index (χ3v) is 2.57. The number of hydrogen-bond donors (Lipinski definition) is 1. The average Bonchev–Trinajstić information content (AvgIpc) is 2.54. The SMILES string of the molecule is CN1CC(=O)N(c2ccc(CN)cc2)C1=O. The van der Waals surface area contributed by atoms with E-state index in [0.717, 1.165) is 5.56 Å². The van der Waals surface area contributed by atoms with E-state index < -0.39 is 0 Å². The van der Waals surface area contributed by atoms with Crippen LogP contribution in [0, 0.1) is 0 Å². The molecule has 0 atom stereocenters. The molecule has 0 radical (unpaired) electrons. The van der Waals surface area contributed by atoms with E-state index in [0.29, 0.717) is 12.2 Å². The molecule has 1 aliphatic rings. The summed E-state index contributed by atoms with van der Waals surface area (Å²) in [5, 5.41) is 0. The summed E-state index contributed by atoms with van der Waals surface area (Å²) in [4.78, 5) is 25.8. The summed E-state index contributed by atoms with van der Waals surface area (Å²) in [5.74, 6) is -0.201. The second-order valence-electron chi connectivity index (χ2n) is 3.74. The maximum Gasteiger partial charge on any atom is 0.331 e. The van der Waals surface area contributed by atoms with Crippen LogP contribution in [0.25, 0.3) is 0 Å². The Morgan fingerprint density at radius 3 is 2.31 bits per heavy atom. The molecule has 0 bridgehead atoms. The van der Waals surface area contributed by atoms with Gasteiger partial charge in [0.2, 0.25) is 0 Å². The molecular weight excluding hydrogens is 206 g/mol. The largest absolute Gasteiger partial charge is 0.331 e. The van der Waals surface area contributed by atoms with Crippen LogP contribution in [0.1, 0.15) is 5.56 Å². The molecule has 1 aromatic rings. The van der Waals surface area contributed by atoms with Gasteiger partial charge in [0, 0.05) is 13.6 Å². The minimum Gasteiger partial charge on any atom is -0.326 e. The van der Waals surface area contributed by atoms with E-state index in [2.05, 4.69) is 0 Å². The number of carbonyl (C=O) groups excluding carboxylic acids is 2. The van der Waals surface area contributed by atoms with Gasteiger partial charge < -0.3 is 10.6 Å². The number of likely N-dealkylation sites (N-methyl/N-ethyl adjacent to an activating group) is 1. The molecule has 84 valence electrons. The molecule has 3 amide bonds. The molecule has 1 heterocycles. The van der Waals surface area contributed by atoms with Gasteiger partial charge in [-0.15, -0.1) is 0 Å². The molecule has 1 aromatic carbocycles. The van der Waals surface area contributed by atoms with Gasteiger partial charge in [0.1, 0.15) is 6.54 Å². The Bertz CT molecular complexity index is 427. The molecule has 0 aromatic heterocycles. The zero-order valence-corrected chi connectivity index (χ0v) is 9.01. The van der Waals surface area contributed by atoms with Crippen molar-refractivity contribution in [3.63, 3.8) is 0 Å². The highest BCUT2D eigenvalue weighted by molar-refractivity contribution is 6.19. The molecule has 2 rings (SSSR count). The topological polar surface area (TPSA) is 66.6 Å². The quantitative estimate of drug-likeness (QED) is 0.738. The predicted molar refractivity (Wildman–Crippen MR) is 59.8 cm³/mol. The van der Waals surface area contributed by atoms with Crippen LogP contribution < -0.4 is 10.6 Å². The van der Waals surface area contributed by atoms with Gasteiger partial charge in [-0.2, -0.15) is 0 Å². The molecule has 1 saturated heterocycles. The fourth-order valence-corrected chi connectivity index (χ4v) is 1.65. The lowest BCUT2D eigenvalue weighted by molar-refractivity contribution is -0.116. The Morgan fingerprint density at radius 2 is 1.88 bits per heavy atom. The van der Waals surface area contributed by atoms with Crippen molar-refractivity contribution >= 4 is 17.6 Å². The summed E-state index contributed by atoms with van der Waals surface area (Å²) in [6.07, 6.45) is 0. The van der Waals surface area contributed by atoms with Crippen molar-refractivity contribution in [3.8, 4) is 0 Å². The van der Waals surface area contributed by atoms with Crippen molar-refractivity contribution < 1.29 is 9.59 Å². The maximum absolute atomic E-state index is 11.7. The lowest BCUT2D eigenvalue weighted by atomic mass is 10.2. The summed E-state index contributed by atoms with van der Waals surface area (Å²) < 4.78 is 0. The Hall–Kier alpha value is -1.88. The lowest BCUT2D eigenvalue weighted by Gasteiger charge is -2.14. The van der Waals surface area contributed by atoms with Crippen LogP contribution in [0.2, 0.25) is 0 Å². The normalized spacial score (nSPS) is 16.1. The molecule has 16 heavy (non-hydrogen) atoms. The fraction of sp³-hybridized carbons (Fsp3) is 0.273. The predicted octanol–water partition coefficient (Wildman–Crippen LogP) is 0.544. The number of anilines is 1. The van der Waals surface area contributed by atoms with Gasteiger partial charge in [-0.3, -0.25) is 4.79 Å². The Balaban J connectivity index is 2.30. The number of urea groups is 1. The van der Waals surface area contributed by atoms with E-state index >= 15 is 0 Å². The molecule has 0 saturated carbocycles.